The zero-order valence-corrected chi connectivity index (χ0v) is 13.7. The van der Waals surface area contributed by atoms with Gasteiger partial charge in [-0.05, 0) is 24.8 Å². The van der Waals surface area contributed by atoms with E-state index < -0.39 is 0 Å². The van der Waals surface area contributed by atoms with Crippen LogP contribution in [0.3, 0.4) is 0 Å². The van der Waals surface area contributed by atoms with Crippen molar-refractivity contribution in [3.8, 4) is 0 Å². The predicted octanol–water partition coefficient (Wildman–Crippen LogP) is 2.00. The molecule has 1 unspecified atom stereocenters. The van der Waals surface area contributed by atoms with Gasteiger partial charge >= 0.3 is 6.03 Å². The lowest BCUT2D eigenvalue weighted by molar-refractivity contribution is 0.159. The Bertz CT molecular complexity index is 425. The monoisotopic (exact) mass is 311 g/mol. The number of carbonyl (C=O) groups is 1. The molecule has 1 N–H and O–H groups in total. The van der Waals surface area contributed by atoms with Crippen LogP contribution in [0.25, 0.3) is 0 Å². The molecule has 1 fully saturated rings. The van der Waals surface area contributed by atoms with E-state index in [4.69, 9.17) is 4.74 Å². The lowest BCUT2D eigenvalue weighted by Crippen LogP contribution is -2.46. The summed E-state index contributed by atoms with van der Waals surface area (Å²) in [5.74, 6) is 0. The number of nitrogens with one attached hydrogen (secondary N) is 1. The van der Waals surface area contributed by atoms with Gasteiger partial charge in [-0.15, -0.1) is 11.3 Å². The van der Waals surface area contributed by atoms with Crippen LogP contribution in [0.2, 0.25) is 0 Å². The Balaban J connectivity index is 1.78. The quantitative estimate of drug-likeness (QED) is 0.904. The Kier molecular flexibility index (Phi) is 6.48. The molecule has 118 valence electrons. The highest BCUT2D eigenvalue weighted by atomic mass is 32.1. The molecule has 6 heteroatoms. The summed E-state index contributed by atoms with van der Waals surface area (Å²) in [4.78, 5) is 17.9. The van der Waals surface area contributed by atoms with E-state index in [0.717, 1.165) is 39.1 Å². The van der Waals surface area contributed by atoms with Gasteiger partial charge in [0, 0.05) is 44.7 Å². The molecule has 0 spiro atoms. The molecule has 0 radical (unpaired) electrons. The van der Waals surface area contributed by atoms with Crippen molar-refractivity contribution in [2.24, 2.45) is 0 Å². The molecule has 1 aromatic heterocycles. The molecule has 2 rings (SSSR count). The number of urea groups is 1. The Morgan fingerprint density at radius 1 is 1.43 bits per heavy atom. The fourth-order valence-corrected chi connectivity index (χ4v) is 3.29. The first kappa shape index (κ1) is 16.3. The Morgan fingerprint density at radius 2 is 2.29 bits per heavy atom. The molecule has 2 amide bonds. The van der Waals surface area contributed by atoms with Gasteiger partial charge in [-0.25, -0.2) is 4.79 Å². The number of thiophene rings is 1. The minimum absolute atomic E-state index is 0.0255. The fraction of sp³-hybridized carbons (Fsp3) is 0.667. The molecule has 1 aromatic rings. The molecule has 5 nitrogen and oxygen atoms in total. The standard InChI is InChI=1S/C15H25N3O2S/c1-13(12-20-2)16-15(19)18-7-4-6-17(8-9-18)11-14-5-3-10-21-14/h3,5,10,13H,4,6-9,11-12H2,1-2H3,(H,16,19). The van der Waals surface area contributed by atoms with Crippen LogP contribution in [0.1, 0.15) is 18.2 Å². The summed E-state index contributed by atoms with van der Waals surface area (Å²) < 4.78 is 5.05. The van der Waals surface area contributed by atoms with Gasteiger partial charge in [0.2, 0.25) is 0 Å². The average Bonchev–Trinajstić information content (AvgIpc) is 2.83. The van der Waals surface area contributed by atoms with Crippen LogP contribution in [-0.4, -0.2) is 61.8 Å². The van der Waals surface area contributed by atoms with Gasteiger partial charge in [0.15, 0.2) is 0 Å². The summed E-state index contributed by atoms with van der Waals surface area (Å²) in [5.41, 5.74) is 0. The number of hydrogen-bond acceptors (Lipinski definition) is 4. The highest BCUT2D eigenvalue weighted by Crippen LogP contribution is 2.13. The van der Waals surface area contributed by atoms with Gasteiger partial charge in [-0.3, -0.25) is 4.90 Å². The third kappa shape index (κ3) is 5.30. The predicted molar refractivity (Wildman–Crippen MR) is 85.7 cm³/mol. The molecule has 0 aliphatic carbocycles. The number of amides is 2. The third-order valence-corrected chi connectivity index (χ3v) is 4.48. The zero-order chi connectivity index (χ0) is 15.1. The van der Waals surface area contributed by atoms with Gasteiger partial charge in [-0.2, -0.15) is 0 Å². The van der Waals surface area contributed by atoms with E-state index in [-0.39, 0.29) is 12.1 Å². The van der Waals surface area contributed by atoms with Crippen molar-refractivity contribution in [1.82, 2.24) is 15.1 Å². The topological polar surface area (TPSA) is 44.8 Å². The first-order chi connectivity index (χ1) is 10.2. The summed E-state index contributed by atoms with van der Waals surface area (Å²) in [7, 11) is 1.65. The van der Waals surface area contributed by atoms with Crippen molar-refractivity contribution in [3.05, 3.63) is 22.4 Å². The van der Waals surface area contributed by atoms with Crippen LogP contribution in [-0.2, 0) is 11.3 Å². The summed E-state index contributed by atoms with van der Waals surface area (Å²) >= 11 is 1.80. The molecule has 1 saturated heterocycles. The van der Waals surface area contributed by atoms with Gasteiger partial charge in [0.05, 0.1) is 12.6 Å². The van der Waals surface area contributed by atoms with Gasteiger partial charge in [-0.1, -0.05) is 6.07 Å². The summed E-state index contributed by atoms with van der Waals surface area (Å²) in [5, 5.41) is 5.10. The normalized spacial score (nSPS) is 18.3. The highest BCUT2D eigenvalue weighted by molar-refractivity contribution is 7.09. The molecule has 1 aliphatic heterocycles. The third-order valence-electron chi connectivity index (χ3n) is 3.62. The smallest absolute Gasteiger partial charge is 0.317 e. The lowest BCUT2D eigenvalue weighted by Gasteiger charge is -2.24. The van der Waals surface area contributed by atoms with E-state index in [0.29, 0.717) is 6.61 Å². The van der Waals surface area contributed by atoms with Crippen molar-refractivity contribution in [2.75, 3.05) is 39.9 Å². The van der Waals surface area contributed by atoms with Crippen molar-refractivity contribution in [2.45, 2.75) is 25.9 Å². The second-order valence-corrected chi connectivity index (χ2v) is 6.53. The second-order valence-electron chi connectivity index (χ2n) is 5.50. The Morgan fingerprint density at radius 3 is 3.00 bits per heavy atom. The van der Waals surface area contributed by atoms with E-state index in [1.807, 2.05) is 11.8 Å². The van der Waals surface area contributed by atoms with E-state index >= 15 is 0 Å². The maximum Gasteiger partial charge on any atom is 0.317 e. The van der Waals surface area contributed by atoms with Crippen LogP contribution in [0.4, 0.5) is 4.79 Å². The first-order valence-corrected chi connectivity index (χ1v) is 8.36. The van der Waals surface area contributed by atoms with E-state index in [1.165, 1.54) is 4.88 Å². The molecule has 0 aromatic carbocycles. The summed E-state index contributed by atoms with van der Waals surface area (Å²) in [6, 6.07) is 4.34. The zero-order valence-electron chi connectivity index (χ0n) is 12.9. The molecular weight excluding hydrogens is 286 g/mol. The van der Waals surface area contributed by atoms with Crippen LogP contribution in [0, 0.1) is 0 Å². The van der Waals surface area contributed by atoms with E-state index in [2.05, 4.69) is 27.7 Å². The summed E-state index contributed by atoms with van der Waals surface area (Å²) in [6.07, 6.45) is 1.03. The van der Waals surface area contributed by atoms with Crippen molar-refractivity contribution in [3.63, 3.8) is 0 Å². The molecule has 21 heavy (non-hydrogen) atoms. The van der Waals surface area contributed by atoms with Crippen molar-refractivity contribution >= 4 is 17.4 Å². The lowest BCUT2D eigenvalue weighted by atomic mass is 10.3. The maximum atomic E-state index is 12.2. The van der Waals surface area contributed by atoms with E-state index in [1.54, 1.807) is 18.4 Å². The van der Waals surface area contributed by atoms with Gasteiger partial charge in [0.1, 0.15) is 0 Å². The fourth-order valence-electron chi connectivity index (χ4n) is 2.55. The van der Waals surface area contributed by atoms with Crippen LogP contribution >= 0.6 is 11.3 Å². The Labute approximate surface area is 130 Å². The maximum absolute atomic E-state index is 12.2. The molecule has 1 aliphatic rings. The van der Waals surface area contributed by atoms with Crippen molar-refractivity contribution < 1.29 is 9.53 Å². The number of methoxy groups -OCH3 is 1. The number of hydrogen-bond donors (Lipinski definition) is 1. The number of rotatable bonds is 5. The van der Waals surface area contributed by atoms with E-state index in [9.17, 15) is 4.79 Å². The summed E-state index contributed by atoms with van der Waals surface area (Å²) in [6.45, 7) is 7.10. The minimum Gasteiger partial charge on any atom is -0.383 e. The SMILES string of the molecule is COCC(C)NC(=O)N1CCCN(Cc2cccs2)CC1. The number of carbonyl (C=O) groups excluding carboxylic acids is 1. The Hall–Kier alpha value is -1.11. The highest BCUT2D eigenvalue weighted by Gasteiger charge is 2.20. The molecular formula is C15H25N3O2S. The number of ether oxygens (including phenoxy) is 1. The van der Waals surface area contributed by atoms with Crippen LogP contribution in [0.5, 0.6) is 0 Å². The van der Waals surface area contributed by atoms with Crippen molar-refractivity contribution in [1.29, 1.82) is 0 Å². The molecule has 1 atom stereocenters. The molecule has 2 heterocycles. The minimum atomic E-state index is 0.0255. The average molecular weight is 311 g/mol. The first-order valence-electron chi connectivity index (χ1n) is 7.48. The van der Waals surface area contributed by atoms with Crippen LogP contribution in [0.15, 0.2) is 17.5 Å². The molecule has 0 saturated carbocycles. The van der Waals surface area contributed by atoms with Crippen LogP contribution < -0.4 is 5.32 Å². The van der Waals surface area contributed by atoms with Gasteiger partial charge < -0.3 is 15.0 Å². The van der Waals surface area contributed by atoms with Gasteiger partial charge in [0.25, 0.3) is 0 Å². The second kappa shape index (κ2) is 8.36. The number of nitrogens with zero attached hydrogens (tertiary/aromatic N) is 2. The molecule has 0 bridgehead atoms. The largest absolute Gasteiger partial charge is 0.383 e.